The van der Waals surface area contributed by atoms with Gasteiger partial charge in [-0.05, 0) is 23.3 Å². The Morgan fingerprint density at radius 3 is 2.61 bits per heavy atom. The van der Waals surface area contributed by atoms with Crippen molar-refractivity contribution in [2.24, 2.45) is 4.99 Å². The van der Waals surface area contributed by atoms with E-state index in [0.717, 1.165) is 32.8 Å². The zero-order chi connectivity index (χ0) is 20.6. The van der Waals surface area contributed by atoms with Crippen LogP contribution in [-0.4, -0.2) is 59.4 Å². The number of benzene rings is 1. The van der Waals surface area contributed by atoms with Gasteiger partial charge in [0.25, 0.3) is 0 Å². The van der Waals surface area contributed by atoms with Crippen molar-refractivity contribution in [2.75, 3.05) is 33.4 Å². The van der Waals surface area contributed by atoms with Crippen molar-refractivity contribution in [1.29, 1.82) is 0 Å². The normalized spacial score (nSPS) is 14.8. The van der Waals surface area contributed by atoms with Gasteiger partial charge in [0.15, 0.2) is 11.7 Å². The van der Waals surface area contributed by atoms with Gasteiger partial charge in [0.2, 0.25) is 5.82 Å². The van der Waals surface area contributed by atoms with Crippen LogP contribution in [0.3, 0.4) is 0 Å². The van der Waals surface area contributed by atoms with Gasteiger partial charge in [0, 0.05) is 33.2 Å². The number of rotatable bonds is 7. The number of H-pyrrole nitrogens is 1. The molecule has 1 saturated heterocycles. The van der Waals surface area contributed by atoms with E-state index in [1.807, 2.05) is 12.1 Å². The van der Waals surface area contributed by atoms with Crippen LogP contribution in [0.25, 0.3) is 11.6 Å². The van der Waals surface area contributed by atoms with E-state index in [0.29, 0.717) is 36.5 Å². The van der Waals surface area contributed by atoms with E-state index in [-0.39, 0.29) is 24.0 Å². The molecule has 3 N–H and O–H groups in total. The smallest absolute Gasteiger partial charge is 0.216 e. The first-order chi connectivity index (χ1) is 14.8. The summed E-state index contributed by atoms with van der Waals surface area (Å²) < 4.78 is 10.8. The highest BCUT2D eigenvalue weighted by Gasteiger charge is 2.13. The van der Waals surface area contributed by atoms with Gasteiger partial charge in [-0.15, -0.1) is 29.1 Å². The van der Waals surface area contributed by atoms with Gasteiger partial charge in [-0.3, -0.25) is 15.0 Å². The van der Waals surface area contributed by atoms with Gasteiger partial charge < -0.3 is 19.8 Å². The molecule has 0 radical (unpaired) electrons. The highest BCUT2D eigenvalue weighted by atomic mass is 127. The van der Waals surface area contributed by atoms with E-state index in [9.17, 15) is 0 Å². The lowest BCUT2D eigenvalue weighted by atomic mass is 10.1. The Balaban J connectivity index is 0.00000272. The molecule has 1 fully saturated rings. The second-order valence-corrected chi connectivity index (χ2v) is 7.02. The fourth-order valence-corrected chi connectivity index (χ4v) is 3.34. The van der Waals surface area contributed by atoms with E-state index in [2.05, 4.69) is 60.0 Å². The van der Waals surface area contributed by atoms with Crippen LogP contribution in [-0.2, 0) is 24.4 Å². The minimum atomic E-state index is 0. The number of aliphatic imine (C=N–C) groups is 1. The van der Waals surface area contributed by atoms with Gasteiger partial charge in [0.1, 0.15) is 5.82 Å². The third-order valence-corrected chi connectivity index (χ3v) is 4.98. The van der Waals surface area contributed by atoms with Crippen molar-refractivity contribution in [2.45, 2.75) is 19.6 Å². The first-order valence-corrected chi connectivity index (χ1v) is 10.1. The Bertz CT molecular complexity index is 952. The maximum atomic E-state index is 5.45. The minimum Gasteiger partial charge on any atom is -0.461 e. The molecule has 31 heavy (non-hydrogen) atoms. The lowest BCUT2D eigenvalue weighted by Crippen LogP contribution is -2.38. The van der Waals surface area contributed by atoms with Crippen LogP contribution in [0, 0.1) is 0 Å². The molecule has 0 aliphatic carbocycles. The minimum absolute atomic E-state index is 0. The Hall–Kier alpha value is -2.44. The van der Waals surface area contributed by atoms with Gasteiger partial charge in [-0.25, -0.2) is 4.98 Å². The van der Waals surface area contributed by atoms with E-state index in [1.165, 1.54) is 11.1 Å². The van der Waals surface area contributed by atoms with Crippen molar-refractivity contribution in [3.05, 3.63) is 59.6 Å². The monoisotopic (exact) mass is 537 g/mol. The van der Waals surface area contributed by atoms with Crippen molar-refractivity contribution < 1.29 is 9.15 Å². The maximum Gasteiger partial charge on any atom is 0.216 e. The molecule has 166 valence electrons. The molecule has 1 aliphatic heterocycles. The number of guanidine groups is 1. The van der Waals surface area contributed by atoms with E-state index >= 15 is 0 Å². The van der Waals surface area contributed by atoms with Crippen LogP contribution >= 0.6 is 24.0 Å². The van der Waals surface area contributed by atoms with E-state index < -0.39 is 0 Å². The second-order valence-electron chi connectivity index (χ2n) is 7.02. The standard InChI is InChI=1S/C21H27N7O2.HI/c1-22-21(24-14-19-25-20(27-26-19)18-7-4-10-30-18)23-13-16-5-2-3-6-17(16)15-28-8-11-29-12-9-28;/h2-7,10H,8-9,11-15H2,1H3,(H2,22,23,24)(H,25,26,27);1H. The number of hydrogen-bond donors (Lipinski definition) is 3. The zero-order valence-electron chi connectivity index (χ0n) is 17.5. The number of nitrogens with one attached hydrogen (secondary N) is 3. The fraction of sp³-hybridized carbons (Fsp3) is 0.381. The molecular weight excluding hydrogens is 509 g/mol. The zero-order valence-corrected chi connectivity index (χ0v) is 19.8. The molecule has 0 atom stereocenters. The molecule has 2 aromatic heterocycles. The number of ether oxygens (including phenoxy) is 1. The molecule has 0 spiro atoms. The van der Waals surface area contributed by atoms with Gasteiger partial charge in [0.05, 0.1) is 26.0 Å². The highest BCUT2D eigenvalue weighted by Crippen LogP contribution is 2.14. The SMILES string of the molecule is CN=C(NCc1nc(-c2ccco2)n[nH]1)NCc1ccccc1CN1CCOCC1.I. The first kappa shape index (κ1) is 23.2. The molecular formula is C21H28IN7O2. The van der Waals surface area contributed by atoms with Crippen LogP contribution in [0.2, 0.25) is 0 Å². The topological polar surface area (TPSA) is 104 Å². The van der Waals surface area contributed by atoms with Crippen LogP contribution in [0.5, 0.6) is 0 Å². The van der Waals surface area contributed by atoms with Gasteiger partial charge in [-0.1, -0.05) is 24.3 Å². The number of nitrogens with zero attached hydrogens (tertiary/aromatic N) is 4. The molecule has 1 aromatic carbocycles. The van der Waals surface area contributed by atoms with Crippen molar-refractivity contribution >= 4 is 29.9 Å². The Morgan fingerprint density at radius 1 is 1.10 bits per heavy atom. The first-order valence-electron chi connectivity index (χ1n) is 10.1. The van der Waals surface area contributed by atoms with Crippen LogP contribution < -0.4 is 10.6 Å². The summed E-state index contributed by atoms with van der Waals surface area (Å²) in [4.78, 5) is 11.2. The quantitative estimate of drug-likeness (QED) is 0.242. The molecule has 9 nitrogen and oxygen atoms in total. The second kappa shape index (κ2) is 11.8. The summed E-state index contributed by atoms with van der Waals surface area (Å²) >= 11 is 0. The number of aromatic amines is 1. The van der Waals surface area contributed by atoms with Crippen molar-refractivity contribution in [3.63, 3.8) is 0 Å². The van der Waals surface area contributed by atoms with E-state index in [1.54, 1.807) is 13.3 Å². The van der Waals surface area contributed by atoms with Crippen LogP contribution in [0.1, 0.15) is 17.0 Å². The summed E-state index contributed by atoms with van der Waals surface area (Å²) in [5, 5.41) is 13.7. The van der Waals surface area contributed by atoms with Crippen LogP contribution in [0.15, 0.2) is 52.1 Å². The number of aromatic nitrogens is 3. The summed E-state index contributed by atoms with van der Waals surface area (Å²) in [5.74, 6) is 2.58. The predicted molar refractivity (Wildman–Crippen MR) is 129 cm³/mol. The molecule has 0 unspecified atom stereocenters. The molecule has 0 amide bonds. The Morgan fingerprint density at radius 2 is 1.87 bits per heavy atom. The van der Waals surface area contributed by atoms with Gasteiger partial charge >= 0.3 is 0 Å². The lowest BCUT2D eigenvalue weighted by molar-refractivity contribution is 0.0341. The number of halogens is 1. The van der Waals surface area contributed by atoms with Crippen molar-refractivity contribution in [3.8, 4) is 11.6 Å². The predicted octanol–water partition coefficient (Wildman–Crippen LogP) is 2.38. The fourth-order valence-electron chi connectivity index (χ4n) is 3.34. The molecule has 3 aromatic rings. The van der Waals surface area contributed by atoms with E-state index in [4.69, 9.17) is 9.15 Å². The summed E-state index contributed by atoms with van der Waals surface area (Å²) in [6.45, 7) is 5.66. The summed E-state index contributed by atoms with van der Waals surface area (Å²) in [6, 6.07) is 12.1. The molecule has 3 heterocycles. The third kappa shape index (κ3) is 6.52. The number of furan rings is 1. The number of morpholine rings is 1. The van der Waals surface area contributed by atoms with Gasteiger partial charge in [-0.2, -0.15) is 0 Å². The molecule has 10 heteroatoms. The number of hydrogen-bond acceptors (Lipinski definition) is 6. The Labute approximate surface area is 198 Å². The van der Waals surface area contributed by atoms with Crippen LogP contribution in [0.4, 0.5) is 0 Å². The average molecular weight is 537 g/mol. The van der Waals surface area contributed by atoms with Crippen molar-refractivity contribution in [1.82, 2.24) is 30.7 Å². The summed E-state index contributed by atoms with van der Waals surface area (Å²) in [5.41, 5.74) is 2.58. The average Bonchev–Trinajstić information content (AvgIpc) is 3.48. The molecule has 0 bridgehead atoms. The maximum absolute atomic E-state index is 5.45. The Kier molecular flexibility index (Phi) is 8.85. The summed E-state index contributed by atoms with van der Waals surface area (Å²) in [7, 11) is 1.75. The molecule has 1 aliphatic rings. The highest BCUT2D eigenvalue weighted by molar-refractivity contribution is 14.0. The summed E-state index contributed by atoms with van der Waals surface area (Å²) in [6.07, 6.45) is 1.60. The third-order valence-electron chi connectivity index (χ3n) is 4.98. The lowest BCUT2D eigenvalue weighted by Gasteiger charge is -2.27. The molecule has 0 saturated carbocycles. The molecule has 4 rings (SSSR count). The largest absolute Gasteiger partial charge is 0.461 e.